The summed E-state index contributed by atoms with van der Waals surface area (Å²) in [7, 11) is 0. The molecule has 0 fully saturated rings. The van der Waals surface area contributed by atoms with Gasteiger partial charge in [-0.05, 0) is 41.0 Å². The molecule has 1 unspecified atom stereocenters. The molecule has 0 radical (unpaired) electrons. The van der Waals surface area contributed by atoms with Crippen LogP contribution in [0.1, 0.15) is 23.5 Å². The number of hydrogen-bond donors (Lipinski definition) is 0. The molecule has 2 aliphatic heterocycles. The van der Waals surface area contributed by atoms with Gasteiger partial charge in [0.15, 0.2) is 0 Å². The highest BCUT2D eigenvalue weighted by Gasteiger charge is 2.43. The first-order valence-electron chi connectivity index (χ1n) is 9.51. The van der Waals surface area contributed by atoms with Crippen molar-refractivity contribution in [2.24, 2.45) is 0 Å². The minimum absolute atomic E-state index is 0.0695. The molecule has 29 heavy (non-hydrogen) atoms. The molecular weight excluding hydrogens is 386 g/mol. The number of benzene rings is 3. The fourth-order valence-electron chi connectivity index (χ4n) is 4.29. The molecule has 0 saturated carbocycles. The molecule has 4 nitrogen and oxygen atoms in total. The molecule has 1 atom stereocenters. The van der Waals surface area contributed by atoms with Crippen LogP contribution < -0.4 is 4.90 Å². The van der Waals surface area contributed by atoms with Crippen LogP contribution in [0.4, 0.5) is 5.69 Å². The number of aryl methyl sites for hydroxylation is 1. The molecule has 0 aliphatic carbocycles. The number of carbonyl (C=O) groups excluding carboxylic acids is 2. The molecule has 5 rings (SSSR count). The summed E-state index contributed by atoms with van der Waals surface area (Å²) in [6, 6.07) is 19.5. The summed E-state index contributed by atoms with van der Waals surface area (Å²) < 4.78 is 5.38. The van der Waals surface area contributed by atoms with Crippen LogP contribution in [0.25, 0.3) is 10.8 Å². The number of halogens is 1. The number of rotatable bonds is 2. The Morgan fingerprint density at radius 2 is 1.83 bits per heavy atom. The van der Waals surface area contributed by atoms with Crippen molar-refractivity contribution in [1.82, 2.24) is 0 Å². The van der Waals surface area contributed by atoms with Gasteiger partial charge in [-0.2, -0.15) is 0 Å². The number of ether oxygens (including phenoxy) is 1. The van der Waals surface area contributed by atoms with Gasteiger partial charge in [-0.3, -0.25) is 9.69 Å². The number of fused-ring (bicyclic) bond motifs is 1. The summed E-state index contributed by atoms with van der Waals surface area (Å²) in [6.07, 6.45) is 0.202. The Morgan fingerprint density at radius 3 is 2.66 bits per heavy atom. The molecule has 3 aromatic carbocycles. The van der Waals surface area contributed by atoms with E-state index in [1.807, 2.05) is 61.5 Å². The lowest BCUT2D eigenvalue weighted by Crippen LogP contribution is -2.37. The predicted molar refractivity (Wildman–Crippen MR) is 113 cm³/mol. The zero-order valence-electron chi connectivity index (χ0n) is 15.8. The van der Waals surface area contributed by atoms with Crippen molar-refractivity contribution in [3.63, 3.8) is 0 Å². The molecule has 3 aromatic rings. The molecule has 144 valence electrons. The second kappa shape index (κ2) is 6.75. The molecule has 0 aromatic heterocycles. The number of cyclic esters (lactones) is 1. The molecule has 0 N–H and O–H groups in total. The summed E-state index contributed by atoms with van der Waals surface area (Å²) in [6.45, 7) is 2.00. The van der Waals surface area contributed by atoms with Crippen LogP contribution >= 0.6 is 11.6 Å². The zero-order chi connectivity index (χ0) is 20.1. The van der Waals surface area contributed by atoms with Crippen molar-refractivity contribution in [3.05, 3.63) is 88.1 Å². The van der Waals surface area contributed by atoms with Crippen LogP contribution in [0, 0.1) is 6.92 Å². The molecule has 0 saturated heterocycles. The maximum atomic E-state index is 13.2. The van der Waals surface area contributed by atoms with E-state index in [1.165, 1.54) is 0 Å². The molecule has 2 aliphatic rings. The largest absolute Gasteiger partial charge is 0.456 e. The van der Waals surface area contributed by atoms with E-state index < -0.39 is 0 Å². The molecule has 1 amide bonds. The highest BCUT2D eigenvalue weighted by molar-refractivity contribution is 6.31. The third-order valence-corrected chi connectivity index (χ3v) is 6.14. The van der Waals surface area contributed by atoms with Crippen molar-refractivity contribution in [1.29, 1.82) is 0 Å². The van der Waals surface area contributed by atoms with Crippen LogP contribution in [-0.2, 0) is 14.3 Å². The quantitative estimate of drug-likeness (QED) is 0.557. The van der Waals surface area contributed by atoms with Gasteiger partial charge in [0.1, 0.15) is 6.61 Å². The van der Waals surface area contributed by atoms with E-state index in [4.69, 9.17) is 16.3 Å². The monoisotopic (exact) mass is 403 g/mol. The van der Waals surface area contributed by atoms with Gasteiger partial charge in [0.25, 0.3) is 0 Å². The van der Waals surface area contributed by atoms with Crippen LogP contribution in [0.3, 0.4) is 0 Å². The van der Waals surface area contributed by atoms with E-state index in [0.29, 0.717) is 22.0 Å². The normalized spacial score (nSPS) is 19.0. The minimum atomic E-state index is -0.353. The van der Waals surface area contributed by atoms with Gasteiger partial charge in [0, 0.05) is 17.4 Å². The van der Waals surface area contributed by atoms with Gasteiger partial charge < -0.3 is 4.74 Å². The number of carbonyl (C=O) groups is 2. The first-order chi connectivity index (χ1) is 14.0. The second-order valence-electron chi connectivity index (χ2n) is 7.42. The molecule has 0 bridgehead atoms. The summed E-state index contributed by atoms with van der Waals surface area (Å²) >= 11 is 6.29. The Bertz CT molecular complexity index is 1210. The number of anilines is 1. The molecule has 2 heterocycles. The van der Waals surface area contributed by atoms with Crippen LogP contribution in [0.15, 0.2) is 71.9 Å². The van der Waals surface area contributed by atoms with Gasteiger partial charge in [0.2, 0.25) is 5.91 Å². The van der Waals surface area contributed by atoms with Crippen molar-refractivity contribution in [3.8, 4) is 0 Å². The average Bonchev–Trinajstić information content (AvgIpc) is 3.11. The second-order valence-corrected chi connectivity index (χ2v) is 7.83. The maximum absolute atomic E-state index is 13.2. The molecular formula is C24H18ClNO3. The zero-order valence-corrected chi connectivity index (χ0v) is 16.6. The van der Waals surface area contributed by atoms with E-state index in [-0.39, 0.29) is 30.8 Å². The first-order valence-corrected chi connectivity index (χ1v) is 9.89. The maximum Gasteiger partial charge on any atom is 0.336 e. The van der Waals surface area contributed by atoms with Crippen molar-refractivity contribution < 1.29 is 14.3 Å². The van der Waals surface area contributed by atoms with Crippen molar-refractivity contribution in [2.75, 3.05) is 11.5 Å². The average molecular weight is 404 g/mol. The smallest absolute Gasteiger partial charge is 0.336 e. The van der Waals surface area contributed by atoms with E-state index >= 15 is 0 Å². The standard InChI is InChI=1S/C24H18ClNO3/c1-14-9-10-16(11-20(14)25)26-21-13-29-24(28)23(21)19(12-22(26)27)18-8-4-6-15-5-2-3-7-17(15)18/h2-11,19H,12-13H2,1H3. The lowest BCUT2D eigenvalue weighted by atomic mass is 9.82. The van der Waals surface area contributed by atoms with E-state index in [0.717, 1.165) is 21.9 Å². The first kappa shape index (κ1) is 18.0. The third kappa shape index (κ3) is 2.83. The van der Waals surface area contributed by atoms with Crippen molar-refractivity contribution in [2.45, 2.75) is 19.3 Å². The predicted octanol–water partition coefficient (Wildman–Crippen LogP) is 5.13. The van der Waals surface area contributed by atoms with Gasteiger partial charge in [-0.25, -0.2) is 4.79 Å². The van der Waals surface area contributed by atoms with Crippen molar-refractivity contribution >= 4 is 39.9 Å². The van der Waals surface area contributed by atoms with Gasteiger partial charge >= 0.3 is 5.97 Å². The Balaban J connectivity index is 1.68. The number of amides is 1. The lowest BCUT2D eigenvalue weighted by molar-refractivity contribution is -0.136. The summed E-state index contributed by atoms with van der Waals surface area (Å²) in [5, 5.41) is 2.71. The third-order valence-electron chi connectivity index (χ3n) is 5.73. The molecule has 5 heteroatoms. The number of esters is 1. The van der Waals surface area contributed by atoms with Crippen LogP contribution in [0.2, 0.25) is 5.02 Å². The van der Waals surface area contributed by atoms with Gasteiger partial charge in [-0.1, -0.05) is 60.1 Å². The highest BCUT2D eigenvalue weighted by atomic mass is 35.5. The van der Waals surface area contributed by atoms with Gasteiger partial charge in [-0.15, -0.1) is 0 Å². The summed E-state index contributed by atoms with van der Waals surface area (Å²) in [4.78, 5) is 27.5. The molecule has 0 spiro atoms. The van der Waals surface area contributed by atoms with Crippen LogP contribution in [-0.4, -0.2) is 18.5 Å². The van der Waals surface area contributed by atoms with E-state index in [9.17, 15) is 9.59 Å². The number of hydrogen-bond acceptors (Lipinski definition) is 3. The Kier molecular flexibility index (Phi) is 4.18. The lowest BCUT2D eigenvalue weighted by Gasteiger charge is -2.32. The van der Waals surface area contributed by atoms with Gasteiger partial charge in [0.05, 0.1) is 17.0 Å². The SMILES string of the molecule is Cc1ccc(N2C(=O)CC(c3cccc4ccccc34)C3=C2COC3=O)cc1Cl. The number of nitrogens with zero attached hydrogens (tertiary/aromatic N) is 1. The fourth-order valence-corrected chi connectivity index (χ4v) is 4.47. The fraction of sp³-hybridized carbons (Fsp3) is 0.167. The van der Waals surface area contributed by atoms with E-state index in [1.54, 1.807) is 11.0 Å². The van der Waals surface area contributed by atoms with E-state index in [2.05, 4.69) is 0 Å². The Morgan fingerprint density at radius 1 is 1.03 bits per heavy atom. The van der Waals surface area contributed by atoms with Crippen LogP contribution in [0.5, 0.6) is 0 Å². The Labute approximate surface area is 173 Å². The Hall–Kier alpha value is -3.11. The summed E-state index contributed by atoms with van der Waals surface area (Å²) in [5.41, 5.74) is 3.75. The highest BCUT2D eigenvalue weighted by Crippen LogP contribution is 2.44. The minimum Gasteiger partial charge on any atom is -0.456 e. The summed E-state index contributed by atoms with van der Waals surface area (Å²) in [5.74, 6) is -0.746. The topological polar surface area (TPSA) is 46.6 Å².